The maximum absolute atomic E-state index is 13.9. The number of aryl methyl sites for hydroxylation is 1. The fourth-order valence-electron chi connectivity index (χ4n) is 2.61. The first-order valence-electron chi connectivity index (χ1n) is 8.66. The molecule has 1 N–H and O–H groups in total. The molecular formula is C20H19FN4O3. The number of nitrogens with one attached hydrogen (secondary N) is 1. The normalized spacial score (nSPS) is 10.5. The van der Waals surface area contributed by atoms with Gasteiger partial charge in [0.05, 0.1) is 18.3 Å². The maximum Gasteiger partial charge on any atom is 0.307 e. The van der Waals surface area contributed by atoms with Gasteiger partial charge in [-0.2, -0.15) is 0 Å². The predicted octanol–water partition coefficient (Wildman–Crippen LogP) is 2.48. The Hall–Kier alpha value is -3.55. The van der Waals surface area contributed by atoms with Crippen molar-refractivity contribution in [2.75, 3.05) is 6.54 Å². The molecule has 28 heavy (non-hydrogen) atoms. The molecule has 8 heteroatoms. The van der Waals surface area contributed by atoms with Crippen LogP contribution in [0.5, 0.6) is 0 Å². The van der Waals surface area contributed by atoms with E-state index in [4.69, 9.17) is 4.74 Å². The molecule has 3 rings (SSSR count). The lowest BCUT2D eigenvalue weighted by Gasteiger charge is -2.08. The lowest BCUT2D eigenvalue weighted by molar-refractivity contribution is -0.144. The average Bonchev–Trinajstić information content (AvgIpc) is 3.12. The number of amides is 1. The molecule has 144 valence electrons. The van der Waals surface area contributed by atoms with Crippen molar-refractivity contribution in [2.24, 2.45) is 7.05 Å². The minimum atomic E-state index is -0.550. The number of aromatic nitrogens is 3. The molecule has 0 aliphatic heterocycles. The Bertz CT molecular complexity index is 973. The zero-order valence-electron chi connectivity index (χ0n) is 15.3. The average molecular weight is 382 g/mol. The van der Waals surface area contributed by atoms with Gasteiger partial charge >= 0.3 is 5.97 Å². The van der Waals surface area contributed by atoms with Crippen LogP contribution in [0.15, 0.2) is 54.7 Å². The van der Waals surface area contributed by atoms with Crippen molar-refractivity contribution in [2.45, 2.75) is 13.0 Å². The van der Waals surface area contributed by atoms with Gasteiger partial charge in [-0.15, -0.1) is 5.10 Å². The Morgan fingerprint density at radius 3 is 2.68 bits per heavy atom. The highest BCUT2D eigenvalue weighted by Gasteiger charge is 2.13. The molecule has 0 aliphatic carbocycles. The van der Waals surface area contributed by atoms with Crippen LogP contribution in [-0.2, 0) is 23.2 Å². The molecule has 2 aromatic carbocycles. The van der Waals surface area contributed by atoms with Crippen LogP contribution in [0.25, 0.3) is 11.3 Å². The van der Waals surface area contributed by atoms with Gasteiger partial charge < -0.3 is 10.1 Å². The fraction of sp³-hybridized carbons (Fsp3) is 0.200. The van der Waals surface area contributed by atoms with Crippen LogP contribution in [0.2, 0.25) is 0 Å². The van der Waals surface area contributed by atoms with Crippen molar-refractivity contribution in [3.63, 3.8) is 0 Å². The van der Waals surface area contributed by atoms with Crippen molar-refractivity contribution >= 4 is 11.9 Å². The quantitative estimate of drug-likeness (QED) is 0.635. The van der Waals surface area contributed by atoms with E-state index in [2.05, 4.69) is 15.6 Å². The molecule has 0 spiro atoms. The van der Waals surface area contributed by atoms with Gasteiger partial charge in [0.25, 0.3) is 5.91 Å². The Morgan fingerprint density at radius 1 is 1.18 bits per heavy atom. The van der Waals surface area contributed by atoms with Crippen molar-refractivity contribution in [1.29, 1.82) is 0 Å². The van der Waals surface area contributed by atoms with E-state index in [1.807, 2.05) is 30.3 Å². The van der Waals surface area contributed by atoms with Gasteiger partial charge in [-0.05, 0) is 23.8 Å². The summed E-state index contributed by atoms with van der Waals surface area (Å²) in [6, 6.07) is 13.3. The van der Waals surface area contributed by atoms with Crippen LogP contribution in [0.1, 0.15) is 22.3 Å². The third-order valence-corrected chi connectivity index (χ3v) is 4.03. The third kappa shape index (κ3) is 5.00. The van der Waals surface area contributed by atoms with Crippen LogP contribution in [0.3, 0.4) is 0 Å². The number of hydrogen-bond donors (Lipinski definition) is 1. The fourth-order valence-corrected chi connectivity index (χ4v) is 2.61. The first-order valence-corrected chi connectivity index (χ1v) is 8.66. The number of hydrogen-bond acceptors (Lipinski definition) is 5. The second kappa shape index (κ2) is 8.90. The van der Waals surface area contributed by atoms with Gasteiger partial charge in [-0.3, -0.25) is 9.59 Å². The molecule has 3 aromatic rings. The summed E-state index contributed by atoms with van der Waals surface area (Å²) in [4.78, 5) is 24.1. The molecule has 1 heterocycles. The number of nitrogens with zero attached hydrogens (tertiary/aromatic N) is 3. The van der Waals surface area contributed by atoms with E-state index >= 15 is 0 Å². The van der Waals surface area contributed by atoms with Crippen molar-refractivity contribution < 1.29 is 18.7 Å². The summed E-state index contributed by atoms with van der Waals surface area (Å²) in [6.45, 7) is 0.269. The molecule has 1 amide bonds. The highest BCUT2D eigenvalue weighted by Crippen LogP contribution is 2.20. The summed E-state index contributed by atoms with van der Waals surface area (Å²) in [7, 11) is 1.67. The van der Waals surface area contributed by atoms with Crippen molar-refractivity contribution in [1.82, 2.24) is 20.3 Å². The second-order valence-corrected chi connectivity index (χ2v) is 6.12. The number of halogens is 1. The molecule has 0 aliphatic rings. The SMILES string of the molecule is Cn1nncc1-c1cc(F)cc(C(=O)NCCC(=O)OCc2ccccc2)c1. The smallest absolute Gasteiger partial charge is 0.307 e. The van der Waals surface area contributed by atoms with Crippen molar-refractivity contribution in [3.05, 3.63) is 71.7 Å². The van der Waals surface area contributed by atoms with Crippen LogP contribution < -0.4 is 5.32 Å². The van der Waals surface area contributed by atoms with Crippen LogP contribution in [-0.4, -0.2) is 33.4 Å². The van der Waals surface area contributed by atoms with E-state index in [1.54, 1.807) is 13.1 Å². The maximum atomic E-state index is 13.9. The third-order valence-electron chi connectivity index (χ3n) is 4.03. The van der Waals surface area contributed by atoms with Gasteiger partial charge in [0, 0.05) is 24.7 Å². The van der Waals surface area contributed by atoms with Crippen LogP contribution >= 0.6 is 0 Å². The molecule has 0 saturated carbocycles. The van der Waals surface area contributed by atoms with E-state index in [-0.39, 0.29) is 25.1 Å². The number of ether oxygens (including phenoxy) is 1. The number of carbonyl (C=O) groups is 2. The van der Waals surface area contributed by atoms with Crippen LogP contribution in [0.4, 0.5) is 4.39 Å². The molecule has 0 bridgehead atoms. The largest absolute Gasteiger partial charge is 0.461 e. The van der Waals surface area contributed by atoms with Gasteiger partial charge in [0.15, 0.2) is 0 Å². The predicted molar refractivity (Wildman–Crippen MR) is 99.6 cm³/mol. The van der Waals surface area contributed by atoms with Gasteiger partial charge in [-0.1, -0.05) is 35.5 Å². The summed E-state index contributed by atoms with van der Waals surface area (Å²) >= 11 is 0. The van der Waals surface area contributed by atoms with Crippen molar-refractivity contribution in [3.8, 4) is 11.3 Å². The molecule has 0 atom stereocenters. The second-order valence-electron chi connectivity index (χ2n) is 6.12. The number of carbonyl (C=O) groups excluding carboxylic acids is 2. The lowest BCUT2D eigenvalue weighted by Crippen LogP contribution is -2.26. The Kier molecular flexibility index (Phi) is 6.11. The zero-order chi connectivity index (χ0) is 19.9. The van der Waals surface area contributed by atoms with E-state index in [9.17, 15) is 14.0 Å². The molecule has 1 aromatic heterocycles. The monoisotopic (exact) mass is 382 g/mol. The summed E-state index contributed by atoms with van der Waals surface area (Å²) in [5, 5.41) is 10.1. The van der Waals surface area contributed by atoms with Gasteiger partial charge in [-0.25, -0.2) is 9.07 Å². The number of esters is 1. The Morgan fingerprint density at radius 2 is 1.96 bits per heavy atom. The Balaban J connectivity index is 1.53. The topological polar surface area (TPSA) is 86.1 Å². The molecule has 0 radical (unpaired) electrons. The van der Waals surface area contributed by atoms with Gasteiger partial charge in [0.2, 0.25) is 0 Å². The zero-order valence-corrected chi connectivity index (χ0v) is 15.3. The summed E-state index contributed by atoms with van der Waals surface area (Å²) in [5.41, 5.74) is 2.10. The highest BCUT2D eigenvalue weighted by atomic mass is 19.1. The number of benzene rings is 2. The Labute approximate surface area is 161 Å². The molecule has 0 unspecified atom stereocenters. The minimum absolute atomic E-state index is 0.0202. The van der Waals surface area contributed by atoms with Gasteiger partial charge in [0.1, 0.15) is 12.4 Å². The van der Waals surface area contributed by atoms with E-state index in [0.29, 0.717) is 11.3 Å². The highest BCUT2D eigenvalue weighted by molar-refractivity contribution is 5.95. The van der Waals surface area contributed by atoms with Crippen LogP contribution in [0, 0.1) is 5.82 Å². The summed E-state index contributed by atoms with van der Waals surface area (Å²) in [5.74, 6) is -1.46. The number of rotatable bonds is 7. The summed E-state index contributed by atoms with van der Waals surface area (Å²) in [6.07, 6.45) is 1.51. The first-order chi connectivity index (χ1) is 13.5. The van der Waals surface area contributed by atoms with E-state index in [0.717, 1.165) is 11.6 Å². The standard InChI is InChI=1S/C20H19FN4O3/c1-25-18(12-23-24-25)15-9-16(11-17(21)10-15)20(27)22-8-7-19(26)28-13-14-5-3-2-4-6-14/h2-6,9-12H,7-8,13H2,1H3,(H,22,27). The van der Waals surface area contributed by atoms with E-state index < -0.39 is 17.7 Å². The molecule has 7 nitrogen and oxygen atoms in total. The lowest BCUT2D eigenvalue weighted by atomic mass is 10.1. The van der Waals surface area contributed by atoms with E-state index in [1.165, 1.54) is 16.9 Å². The minimum Gasteiger partial charge on any atom is -0.461 e. The molecule has 0 fully saturated rings. The molecular weight excluding hydrogens is 363 g/mol. The first kappa shape index (κ1) is 19.2. The molecule has 0 saturated heterocycles. The summed E-state index contributed by atoms with van der Waals surface area (Å²) < 4.78 is 20.6.